The Balaban J connectivity index is 1.62. The Bertz CT molecular complexity index is 1120. The van der Waals surface area contributed by atoms with Gasteiger partial charge in [0.1, 0.15) is 12.3 Å². The highest BCUT2D eigenvalue weighted by atomic mass is 16.5. The van der Waals surface area contributed by atoms with Crippen molar-refractivity contribution in [2.24, 2.45) is 4.99 Å². The standard InChI is InChI=1S/C26H27N5O2/c1-20(31-14-16-32-17-15-31)18-25(29-21(2)33-19-22-8-11-27-12-9-22)26-28-13-10-24(30-26)23-6-4-3-5-7-23/h3-13,18H,2,14-17,19H2,1H3/b20-18+,29-25+. The summed E-state index contributed by atoms with van der Waals surface area (Å²) in [7, 11) is 0. The molecule has 0 atom stereocenters. The summed E-state index contributed by atoms with van der Waals surface area (Å²) in [5, 5.41) is 0. The average Bonchev–Trinajstić information content (AvgIpc) is 2.89. The largest absolute Gasteiger partial charge is 0.473 e. The Morgan fingerprint density at radius 2 is 1.85 bits per heavy atom. The molecule has 0 amide bonds. The zero-order valence-corrected chi connectivity index (χ0v) is 18.7. The van der Waals surface area contributed by atoms with Crippen LogP contribution in [-0.2, 0) is 16.1 Å². The summed E-state index contributed by atoms with van der Waals surface area (Å²) in [4.78, 5) is 20.2. The van der Waals surface area contributed by atoms with Gasteiger partial charge in [-0.3, -0.25) is 4.98 Å². The van der Waals surface area contributed by atoms with Crippen molar-refractivity contribution in [2.45, 2.75) is 13.5 Å². The van der Waals surface area contributed by atoms with E-state index in [2.05, 4.69) is 33.4 Å². The molecule has 2 aromatic heterocycles. The van der Waals surface area contributed by atoms with E-state index in [4.69, 9.17) is 14.5 Å². The molecule has 1 aliphatic rings. The first-order chi connectivity index (χ1) is 16.2. The molecule has 3 heterocycles. The summed E-state index contributed by atoms with van der Waals surface area (Å²) < 4.78 is 11.3. The van der Waals surface area contributed by atoms with Crippen LogP contribution >= 0.6 is 0 Å². The summed E-state index contributed by atoms with van der Waals surface area (Å²) in [6.45, 7) is 9.49. The van der Waals surface area contributed by atoms with Crippen LogP contribution in [0.4, 0.5) is 0 Å². The lowest BCUT2D eigenvalue weighted by Gasteiger charge is -2.29. The summed E-state index contributed by atoms with van der Waals surface area (Å²) >= 11 is 0. The molecule has 1 fully saturated rings. The molecule has 7 heteroatoms. The molecular formula is C26H27N5O2. The van der Waals surface area contributed by atoms with Crippen molar-refractivity contribution in [1.82, 2.24) is 19.9 Å². The zero-order chi connectivity index (χ0) is 22.9. The predicted octanol–water partition coefficient (Wildman–Crippen LogP) is 4.25. The minimum atomic E-state index is 0.293. The molecule has 0 saturated carbocycles. The molecule has 1 saturated heterocycles. The third kappa shape index (κ3) is 6.33. The molecule has 7 nitrogen and oxygen atoms in total. The van der Waals surface area contributed by atoms with E-state index in [9.17, 15) is 0 Å². The van der Waals surface area contributed by atoms with Gasteiger partial charge in [-0.15, -0.1) is 0 Å². The topological polar surface area (TPSA) is 72.7 Å². The van der Waals surface area contributed by atoms with Gasteiger partial charge in [-0.1, -0.05) is 30.3 Å². The number of ether oxygens (including phenoxy) is 2. The van der Waals surface area contributed by atoms with Crippen molar-refractivity contribution in [3.05, 3.63) is 103 Å². The molecule has 0 N–H and O–H groups in total. The van der Waals surface area contributed by atoms with Crippen molar-refractivity contribution in [1.29, 1.82) is 0 Å². The van der Waals surface area contributed by atoms with E-state index in [0.29, 0.717) is 37.2 Å². The lowest BCUT2D eigenvalue weighted by Crippen LogP contribution is -2.35. The number of benzene rings is 1. The van der Waals surface area contributed by atoms with Crippen LogP contribution in [0.5, 0.6) is 0 Å². The number of aromatic nitrogens is 3. The molecule has 3 aromatic rings. The number of morpholine rings is 1. The number of nitrogens with zero attached hydrogens (tertiary/aromatic N) is 5. The second-order valence-electron chi connectivity index (χ2n) is 7.55. The molecule has 1 aromatic carbocycles. The number of rotatable bonds is 8. The Kier molecular flexibility index (Phi) is 7.56. The summed E-state index contributed by atoms with van der Waals surface area (Å²) in [5.41, 5.74) is 4.49. The molecule has 33 heavy (non-hydrogen) atoms. The number of allylic oxidation sites excluding steroid dienone is 2. The fourth-order valence-electron chi connectivity index (χ4n) is 3.42. The van der Waals surface area contributed by atoms with Gasteiger partial charge in [-0.05, 0) is 43.3 Å². The van der Waals surface area contributed by atoms with Crippen molar-refractivity contribution >= 4 is 5.71 Å². The Hall–Kier alpha value is -3.84. The number of hydrogen-bond donors (Lipinski definition) is 0. The number of hydrogen-bond acceptors (Lipinski definition) is 7. The van der Waals surface area contributed by atoms with Gasteiger partial charge in [0.25, 0.3) is 0 Å². The lowest BCUT2D eigenvalue weighted by atomic mass is 10.1. The monoisotopic (exact) mass is 441 g/mol. The molecule has 4 rings (SSSR count). The SMILES string of the molecule is C=C(/N=C(\C=C(/C)N1CCOCC1)c1nccc(-c2ccccc2)n1)OCc1ccncc1. The van der Waals surface area contributed by atoms with Crippen LogP contribution in [0.25, 0.3) is 11.3 Å². The molecule has 0 bridgehead atoms. The van der Waals surface area contributed by atoms with Gasteiger partial charge in [-0.25, -0.2) is 15.0 Å². The highest BCUT2D eigenvalue weighted by Gasteiger charge is 2.14. The van der Waals surface area contributed by atoms with Gasteiger partial charge in [0, 0.05) is 42.9 Å². The van der Waals surface area contributed by atoms with Crippen LogP contribution in [0.1, 0.15) is 18.3 Å². The highest BCUT2D eigenvalue weighted by molar-refractivity contribution is 6.07. The van der Waals surface area contributed by atoms with Gasteiger partial charge in [0.15, 0.2) is 5.82 Å². The van der Waals surface area contributed by atoms with Gasteiger partial charge < -0.3 is 14.4 Å². The van der Waals surface area contributed by atoms with Gasteiger partial charge >= 0.3 is 0 Å². The van der Waals surface area contributed by atoms with E-state index < -0.39 is 0 Å². The Morgan fingerprint density at radius 1 is 1.09 bits per heavy atom. The van der Waals surface area contributed by atoms with Gasteiger partial charge in [0.2, 0.25) is 5.88 Å². The lowest BCUT2D eigenvalue weighted by molar-refractivity contribution is 0.0538. The normalized spacial score (nSPS) is 14.8. The van der Waals surface area contributed by atoms with Crippen molar-refractivity contribution in [2.75, 3.05) is 26.3 Å². The van der Waals surface area contributed by atoms with Gasteiger partial charge in [0.05, 0.1) is 18.9 Å². The van der Waals surface area contributed by atoms with Gasteiger partial charge in [-0.2, -0.15) is 0 Å². The Labute approximate surface area is 194 Å². The zero-order valence-electron chi connectivity index (χ0n) is 18.7. The highest BCUT2D eigenvalue weighted by Crippen LogP contribution is 2.17. The smallest absolute Gasteiger partial charge is 0.206 e. The minimum Gasteiger partial charge on any atom is -0.473 e. The Morgan fingerprint density at radius 3 is 2.61 bits per heavy atom. The third-order valence-electron chi connectivity index (χ3n) is 5.21. The molecule has 0 radical (unpaired) electrons. The van der Waals surface area contributed by atoms with Crippen LogP contribution in [0.2, 0.25) is 0 Å². The first-order valence-electron chi connectivity index (χ1n) is 10.9. The van der Waals surface area contributed by atoms with Crippen molar-refractivity contribution < 1.29 is 9.47 Å². The molecular weight excluding hydrogens is 414 g/mol. The second kappa shape index (κ2) is 11.2. The quantitative estimate of drug-likeness (QED) is 0.384. The van der Waals surface area contributed by atoms with E-state index in [0.717, 1.165) is 35.6 Å². The maximum atomic E-state index is 5.79. The summed E-state index contributed by atoms with van der Waals surface area (Å²) in [6, 6.07) is 15.7. The van der Waals surface area contributed by atoms with E-state index in [-0.39, 0.29) is 0 Å². The molecule has 0 unspecified atom stereocenters. The molecule has 0 spiro atoms. The van der Waals surface area contributed by atoms with Crippen molar-refractivity contribution in [3.63, 3.8) is 0 Å². The molecule has 0 aliphatic carbocycles. The fraction of sp³-hybridized carbons (Fsp3) is 0.231. The number of pyridine rings is 1. The maximum absolute atomic E-state index is 5.79. The minimum absolute atomic E-state index is 0.293. The van der Waals surface area contributed by atoms with Crippen LogP contribution in [0.3, 0.4) is 0 Å². The summed E-state index contributed by atoms with van der Waals surface area (Å²) in [5.74, 6) is 0.805. The second-order valence-corrected chi connectivity index (χ2v) is 7.55. The predicted molar refractivity (Wildman–Crippen MR) is 128 cm³/mol. The van der Waals surface area contributed by atoms with Crippen LogP contribution in [0.15, 0.2) is 96.3 Å². The van der Waals surface area contributed by atoms with E-state index >= 15 is 0 Å². The average molecular weight is 442 g/mol. The van der Waals surface area contributed by atoms with E-state index in [1.807, 2.05) is 54.6 Å². The fourth-order valence-corrected chi connectivity index (χ4v) is 3.42. The van der Waals surface area contributed by atoms with Crippen LogP contribution in [0, 0.1) is 0 Å². The maximum Gasteiger partial charge on any atom is 0.206 e. The van der Waals surface area contributed by atoms with Crippen LogP contribution < -0.4 is 0 Å². The first kappa shape index (κ1) is 22.4. The third-order valence-corrected chi connectivity index (χ3v) is 5.21. The summed E-state index contributed by atoms with van der Waals surface area (Å²) in [6.07, 6.45) is 7.19. The molecule has 1 aliphatic heterocycles. The van der Waals surface area contributed by atoms with E-state index in [1.54, 1.807) is 18.6 Å². The molecule has 168 valence electrons. The van der Waals surface area contributed by atoms with Crippen LogP contribution in [-0.4, -0.2) is 51.9 Å². The van der Waals surface area contributed by atoms with E-state index in [1.165, 1.54) is 0 Å². The first-order valence-corrected chi connectivity index (χ1v) is 10.9. The number of aliphatic imine (C=N–C) groups is 1. The van der Waals surface area contributed by atoms with Crippen molar-refractivity contribution in [3.8, 4) is 11.3 Å².